The Morgan fingerprint density at radius 1 is 1.06 bits per heavy atom. The van der Waals surface area contributed by atoms with Gasteiger partial charge in [-0.1, -0.05) is 101 Å². The Morgan fingerprint density at radius 2 is 1.65 bits per heavy atom. The van der Waals surface area contributed by atoms with Crippen LogP contribution in [0.25, 0.3) is 0 Å². The third-order valence-corrected chi connectivity index (χ3v) is 8.58. The molecule has 1 aromatic rings. The summed E-state index contributed by atoms with van der Waals surface area (Å²) in [5, 5.41) is 46.5. The van der Waals surface area contributed by atoms with E-state index >= 15 is 0 Å². The number of β-lactam (4-membered cyclic amide) rings is 1. The van der Waals surface area contributed by atoms with Gasteiger partial charge in [-0.2, -0.15) is 0 Å². The van der Waals surface area contributed by atoms with Gasteiger partial charge >= 0.3 is 0 Å². The van der Waals surface area contributed by atoms with Gasteiger partial charge in [0.2, 0.25) is 5.91 Å². The lowest BCUT2D eigenvalue weighted by Gasteiger charge is -2.41. The second kappa shape index (κ2) is 30.6. The van der Waals surface area contributed by atoms with Gasteiger partial charge in [-0.15, -0.1) is 12.3 Å². The van der Waals surface area contributed by atoms with E-state index in [1.165, 1.54) is 30.4 Å². The Hall–Kier alpha value is -3.03. The number of para-hydroxylation sites is 1. The second-order valence-electron chi connectivity index (χ2n) is 12.9. The van der Waals surface area contributed by atoms with E-state index in [4.69, 9.17) is 14.9 Å². The van der Waals surface area contributed by atoms with Gasteiger partial charge in [-0.3, -0.25) is 4.79 Å². The minimum atomic E-state index is -0.999. The summed E-state index contributed by atoms with van der Waals surface area (Å²) in [4.78, 5) is 13.6. The second-order valence-corrected chi connectivity index (χ2v) is 12.9. The number of terminal acetylenes is 1. The fourth-order valence-corrected chi connectivity index (χ4v) is 4.69. The summed E-state index contributed by atoms with van der Waals surface area (Å²) in [6, 6.07) is 9.59. The number of hydrogen-bond acceptors (Lipinski definition) is 7. The number of unbranched alkanes of at least 4 members (excludes halogenated alkanes) is 2. The molecule has 0 aromatic heterocycles. The molecule has 290 valence electrons. The van der Waals surface area contributed by atoms with Crippen LogP contribution >= 0.6 is 0 Å². The van der Waals surface area contributed by atoms with Gasteiger partial charge in [0, 0.05) is 12.1 Å². The number of aliphatic hydroxyl groups excluding tert-OH is 5. The average Bonchev–Trinajstić information content (AvgIpc) is 3.13. The maximum atomic E-state index is 11.9. The molecule has 1 aromatic carbocycles. The fraction of sp³-hybridized carbons (Fsp3) is 0.605. The number of allylic oxidation sites excluding steroid dienone is 5. The van der Waals surface area contributed by atoms with Crippen LogP contribution in [0.4, 0.5) is 5.69 Å². The SMILES string of the molecule is C#CC.C=C(CC)C1CC(O)C(O)C(CO)O1.CC/C(C)=C\C=C(/CO)C1CC(=O)N1c1ccccc1.CC=C(C)C.CCCCCC(O)CC. The Bertz CT molecular complexity index is 1200. The monoisotopic (exact) mass is 714 g/mol. The molecule has 2 aliphatic rings. The highest BCUT2D eigenvalue weighted by Crippen LogP contribution is 2.32. The molecule has 0 bridgehead atoms. The molecule has 8 heteroatoms. The summed E-state index contributed by atoms with van der Waals surface area (Å²) in [7, 11) is 0. The first kappa shape index (κ1) is 50.1. The minimum Gasteiger partial charge on any atom is -0.394 e. The van der Waals surface area contributed by atoms with E-state index < -0.39 is 18.3 Å². The van der Waals surface area contributed by atoms with Gasteiger partial charge in [0.25, 0.3) is 0 Å². The van der Waals surface area contributed by atoms with Gasteiger partial charge in [0.05, 0.1) is 44.0 Å². The van der Waals surface area contributed by atoms with Crippen LogP contribution in [0, 0.1) is 12.3 Å². The lowest BCUT2D eigenvalue weighted by molar-refractivity contribution is -0.170. The largest absolute Gasteiger partial charge is 0.394 e. The van der Waals surface area contributed by atoms with Crippen LogP contribution < -0.4 is 4.90 Å². The van der Waals surface area contributed by atoms with E-state index in [1.54, 1.807) is 11.8 Å². The predicted molar refractivity (Wildman–Crippen MR) is 213 cm³/mol. The van der Waals surface area contributed by atoms with Crippen molar-refractivity contribution in [3.8, 4) is 12.3 Å². The number of rotatable bonds is 13. The van der Waals surface area contributed by atoms with E-state index in [9.17, 15) is 20.1 Å². The maximum Gasteiger partial charge on any atom is 0.229 e. The van der Waals surface area contributed by atoms with Crippen molar-refractivity contribution in [2.45, 2.75) is 157 Å². The molecular weight excluding hydrogens is 642 g/mol. The van der Waals surface area contributed by atoms with Gasteiger partial charge in [0.15, 0.2) is 0 Å². The van der Waals surface area contributed by atoms with Crippen LogP contribution in [-0.2, 0) is 9.53 Å². The number of anilines is 1. The normalized spacial score (nSPS) is 21.6. The van der Waals surface area contributed by atoms with Gasteiger partial charge in [-0.05, 0) is 83.6 Å². The van der Waals surface area contributed by atoms with Crippen molar-refractivity contribution in [1.29, 1.82) is 0 Å². The molecule has 0 aliphatic carbocycles. The molecule has 3 rings (SSSR count). The van der Waals surface area contributed by atoms with Crippen molar-refractivity contribution in [3.63, 3.8) is 0 Å². The summed E-state index contributed by atoms with van der Waals surface area (Å²) in [6.07, 6.45) is 16.0. The summed E-state index contributed by atoms with van der Waals surface area (Å²) in [5.74, 6) is 2.36. The molecule has 5 N–H and O–H groups in total. The quantitative estimate of drug-likeness (QED) is 0.0463. The van der Waals surface area contributed by atoms with Crippen LogP contribution in [-0.4, -0.2) is 81.2 Å². The number of benzene rings is 1. The predicted octanol–water partition coefficient (Wildman–Crippen LogP) is 7.84. The van der Waals surface area contributed by atoms with Crippen LogP contribution in [0.3, 0.4) is 0 Å². The van der Waals surface area contributed by atoms with E-state index in [0.717, 1.165) is 42.5 Å². The van der Waals surface area contributed by atoms with E-state index in [2.05, 4.69) is 59.6 Å². The Kier molecular flexibility index (Phi) is 30.0. The van der Waals surface area contributed by atoms with Crippen LogP contribution in [0.5, 0.6) is 0 Å². The number of carbonyl (C=O) groups excluding carboxylic acids is 1. The van der Waals surface area contributed by atoms with Crippen molar-refractivity contribution < 1.29 is 35.1 Å². The molecule has 6 unspecified atom stereocenters. The first-order valence-electron chi connectivity index (χ1n) is 18.6. The van der Waals surface area contributed by atoms with E-state index in [0.29, 0.717) is 12.8 Å². The zero-order chi connectivity index (χ0) is 39.4. The van der Waals surface area contributed by atoms with Crippen molar-refractivity contribution in [1.82, 2.24) is 0 Å². The fourth-order valence-electron chi connectivity index (χ4n) is 4.69. The highest BCUT2D eigenvalue weighted by molar-refractivity contribution is 6.02. The summed E-state index contributed by atoms with van der Waals surface area (Å²) in [6.45, 7) is 21.7. The Labute approximate surface area is 310 Å². The summed E-state index contributed by atoms with van der Waals surface area (Å²) < 4.78 is 5.41. The molecule has 8 nitrogen and oxygen atoms in total. The van der Waals surface area contributed by atoms with Crippen molar-refractivity contribution in [2.75, 3.05) is 18.1 Å². The third-order valence-electron chi connectivity index (χ3n) is 8.58. The Balaban J connectivity index is 0. The van der Waals surface area contributed by atoms with Crippen LogP contribution in [0.15, 0.2) is 77.4 Å². The molecule has 0 radical (unpaired) electrons. The highest BCUT2D eigenvalue weighted by Gasteiger charge is 2.39. The third kappa shape index (κ3) is 21.2. The molecule has 51 heavy (non-hydrogen) atoms. The lowest BCUT2D eigenvalue weighted by Crippen LogP contribution is -2.54. The molecule has 2 saturated heterocycles. The molecule has 2 fully saturated rings. The number of nitrogens with zero attached hydrogens (tertiary/aromatic N) is 1. The summed E-state index contributed by atoms with van der Waals surface area (Å²) >= 11 is 0. The Morgan fingerprint density at radius 3 is 2.08 bits per heavy atom. The van der Waals surface area contributed by atoms with Crippen molar-refractivity contribution in [2.24, 2.45) is 0 Å². The maximum absolute atomic E-state index is 11.9. The molecule has 0 spiro atoms. The smallest absolute Gasteiger partial charge is 0.229 e. The van der Waals surface area contributed by atoms with Gasteiger partial charge in [-0.25, -0.2) is 0 Å². The lowest BCUT2D eigenvalue weighted by atomic mass is 9.92. The zero-order valence-electron chi connectivity index (χ0n) is 33.1. The first-order chi connectivity index (χ1) is 24.3. The summed E-state index contributed by atoms with van der Waals surface area (Å²) in [5.41, 5.74) is 5.30. The molecular formula is C43H71NO7. The number of hydrogen-bond donors (Lipinski definition) is 5. The van der Waals surface area contributed by atoms with Crippen molar-refractivity contribution >= 4 is 11.6 Å². The zero-order valence-corrected chi connectivity index (χ0v) is 33.1. The molecule has 0 saturated carbocycles. The van der Waals surface area contributed by atoms with Gasteiger partial charge in [0.1, 0.15) is 12.2 Å². The number of ether oxygens (including phenoxy) is 1. The number of carbonyl (C=O) groups is 1. The minimum absolute atomic E-state index is 0.0178. The molecule has 2 heterocycles. The van der Waals surface area contributed by atoms with E-state index in [1.807, 2.05) is 63.3 Å². The molecule has 1 amide bonds. The van der Waals surface area contributed by atoms with Crippen LogP contribution in [0.1, 0.15) is 120 Å². The highest BCUT2D eigenvalue weighted by atomic mass is 16.5. The standard InChI is InChI=1S/C17H21NO2.C10H18O4.C8H18O.C5H10.C3H4/c1-3-13(2)9-10-14(12-19)16-11-17(20)18(16)15-7-5-4-6-8-15;1-3-6(2)8-4-7(12)10(13)9(5-11)14-8;1-3-5-6-7-8(9)4-2;1-4-5(2)3;1-3-2/h4-10,16,19H,3,11-12H2,1-2H3;7-13H,2-5H2,1H3;8-9H,3-7H2,1-2H3;4H,1-3H3;1H,2H3/b13-9-,14-10+;;;;. The number of amides is 1. The average molecular weight is 714 g/mol. The molecule has 2 aliphatic heterocycles. The van der Waals surface area contributed by atoms with Crippen LogP contribution in [0.2, 0.25) is 0 Å². The van der Waals surface area contributed by atoms with E-state index in [-0.39, 0.29) is 37.4 Å². The van der Waals surface area contributed by atoms with Gasteiger partial charge < -0.3 is 35.2 Å². The molecule has 6 atom stereocenters. The topological polar surface area (TPSA) is 131 Å². The van der Waals surface area contributed by atoms with Crippen molar-refractivity contribution in [3.05, 3.63) is 77.4 Å². The number of aliphatic hydroxyl groups is 5. The first-order valence-corrected chi connectivity index (χ1v) is 18.6.